The molecule has 1 aliphatic rings. The zero-order valence-electron chi connectivity index (χ0n) is 6.82. The molecule has 1 saturated heterocycles. The average molecular weight is 197 g/mol. The van der Waals surface area contributed by atoms with E-state index in [1.165, 1.54) is 0 Å². The minimum atomic E-state index is -2.74. The maximum absolute atomic E-state index is 13.1. The molecule has 1 aliphatic heterocycles. The summed E-state index contributed by atoms with van der Waals surface area (Å²) < 4.78 is 26.2. The maximum Gasteiger partial charge on any atom is 0.265 e. The normalized spacial score (nSPS) is 36.0. The molecule has 71 valence electrons. The van der Waals surface area contributed by atoms with Crippen molar-refractivity contribution in [3.05, 3.63) is 6.92 Å². The first kappa shape index (κ1) is 10.2. The molecule has 12 heavy (non-hydrogen) atoms. The van der Waals surface area contributed by atoms with Gasteiger partial charge in [-0.3, -0.25) is 0 Å². The standard InChI is InChI=1S/C8H13ClF2N/c1-2-6-5-12-4-3-8(10,11)7(6)9/h6-7,12H,1-5H2. The third kappa shape index (κ3) is 2.07. The van der Waals surface area contributed by atoms with Crippen molar-refractivity contribution < 1.29 is 8.78 Å². The Balaban J connectivity index is 2.66. The third-order valence-corrected chi connectivity index (χ3v) is 2.91. The van der Waals surface area contributed by atoms with Gasteiger partial charge in [0.1, 0.15) is 5.38 Å². The SMILES string of the molecule is [CH2]CC1CNCCC(F)(F)C1Cl. The largest absolute Gasteiger partial charge is 0.316 e. The predicted octanol–water partition coefficient (Wildman–Crippen LogP) is 2.06. The first-order valence-electron chi connectivity index (χ1n) is 4.10. The minimum absolute atomic E-state index is 0.169. The Kier molecular flexibility index (Phi) is 3.29. The first-order chi connectivity index (χ1) is 5.58. The highest BCUT2D eigenvalue weighted by Crippen LogP contribution is 2.34. The third-order valence-electron chi connectivity index (χ3n) is 2.23. The van der Waals surface area contributed by atoms with Crippen molar-refractivity contribution in [3.8, 4) is 0 Å². The van der Waals surface area contributed by atoms with E-state index in [1.807, 2.05) is 0 Å². The van der Waals surface area contributed by atoms with E-state index in [4.69, 9.17) is 11.6 Å². The molecule has 0 bridgehead atoms. The van der Waals surface area contributed by atoms with E-state index in [2.05, 4.69) is 12.2 Å². The Morgan fingerprint density at radius 1 is 1.58 bits per heavy atom. The number of rotatable bonds is 1. The summed E-state index contributed by atoms with van der Waals surface area (Å²) in [5, 5.41) is 1.87. The van der Waals surface area contributed by atoms with Crippen LogP contribution in [0.15, 0.2) is 0 Å². The molecule has 1 nitrogen and oxygen atoms in total. The van der Waals surface area contributed by atoms with E-state index in [-0.39, 0.29) is 12.3 Å². The highest BCUT2D eigenvalue weighted by molar-refractivity contribution is 6.21. The summed E-state index contributed by atoms with van der Waals surface area (Å²) in [4.78, 5) is 0. The van der Waals surface area contributed by atoms with Gasteiger partial charge in [0, 0.05) is 13.0 Å². The lowest BCUT2D eigenvalue weighted by Crippen LogP contribution is -2.35. The van der Waals surface area contributed by atoms with Gasteiger partial charge in [0.2, 0.25) is 0 Å². The van der Waals surface area contributed by atoms with E-state index in [0.29, 0.717) is 19.5 Å². The van der Waals surface area contributed by atoms with Gasteiger partial charge in [-0.05, 0) is 18.9 Å². The van der Waals surface area contributed by atoms with Crippen molar-refractivity contribution in [2.45, 2.75) is 24.1 Å². The average Bonchev–Trinajstić information content (AvgIpc) is 2.14. The van der Waals surface area contributed by atoms with Crippen LogP contribution in [0.3, 0.4) is 0 Å². The predicted molar refractivity (Wildman–Crippen MR) is 45.5 cm³/mol. The molecular weight excluding hydrogens is 184 g/mol. The zero-order chi connectivity index (χ0) is 9.19. The Labute approximate surface area is 76.5 Å². The molecule has 1 heterocycles. The van der Waals surface area contributed by atoms with Gasteiger partial charge in [-0.2, -0.15) is 0 Å². The van der Waals surface area contributed by atoms with Crippen molar-refractivity contribution in [1.29, 1.82) is 0 Å². The fraction of sp³-hybridized carbons (Fsp3) is 0.875. The zero-order valence-corrected chi connectivity index (χ0v) is 7.58. The van der Waals surface area contributed by atoms with E-state index < -0.39 is 11.3 Å². The van der Waals surface area contributed by atoms with Crippen molar-refractivity contribution in [1.82, 2.24) is 5.32 Å². The van der Waals surface area contributed by atoms with Crippen molar-refractivity contribution in [2.75, 3.05) is 13.1 Å². The van der Waals surface area contributed by atoms with Gasteiger partial charge in [-0.25, -0.2) is 8.78 Å². The molecule has 0 aromatic rings. The van der Waals surface area contributed by atoms with Gasteiger partial charge >= 0.3 is 0 Å². The van der Waals surface area contributed by atoms with Crippen LogP contribution < -0.4 is 5.32 Å². The quantitative estimate of drug-likeness (QED) is 0.634. The number of halogens is 3. The maximum atomic E-state index is 13.1. The second-order valence-electron chi connectivity index (χ2n) is 3.17. The highest BCUT2D eigenvalue weighted by Gasteiger charge is 2.43. The van der Waals surface area contributed by atoms with Gasteiger partial charge in [-0.15, -0.1) is 11.6 Å². The van der Waals surface area contributed by atoms with Gasteiger partial charge < -0.3 is 5.32 Å². The van der Waals surface area contributed by atoms with Gasteiger partial charge in [0.05, 0.1) is 0 Å². The molecule has 0 aromatic carbocycles. The van der Waals surface area contributed by atoms with Crippen LogP contribution in [0.2, 0.25) is 0 Å². The van der Waals surface area contributed by atoms with E-state index in [1.54, 1.807) is 0 Å². The summed E-state index contributed by atoms with van der Waals surface area (Å²) in [7, 11) is 0. The summed E-state index contributed by atoms with van der Waals surface area (Å²) in [6.07, 6.45) is 0.286. The fourth-order valence-corrected chi connectivity index (χ4v) is 1.70. The molecule has 0 aromatic heterocycles. The fourth-order valence-electron chi connectivity index (χ4n) is 1.38. The molecule has 0 spiro atoms. The van der Waals surface area contributed by atoms with Gasteiger partial charge in [0.15, 0.2) is 0 Å². The number of nitrogens with one attached hydrogen (secondary N) is 1. The lowest BCUT2D eigenvalue weighted by Gasteiger charge is -2.24. The summed E-state index contributed by atoms with van der Waals surface area (Å²) in [6, 6.07) is 0. The van der Waals surface area contributed by atoms with Crippen LogP contribution in [0, 0.1) is 12.8 Å². The second-order valence-corrected chi connectivity index (χ2v) is 3.64. The number of alkyl halides is 3. The summed E-state index contributed by atoms with van der Waals surface area (Å²) in [5.74, 6) is -2.96. The summed E-state index contributed by atoms with van der Waals surface area (Å²) in [5.41, 5.74) is 0. The van der Waals surface area contributed by atoms with Gasteiger partial charge in [0.25, 0.3) is 5.92 Å². The number of hydrogen-bond donors (Lipinski definition) is 1. The van der Waals surface area contributed by atoms with E-state index in [9.17, 15) is 8.78 Å². The Morgan fingerprint density at radius 2 is 2.25 bits per heavy atom. The number of hydrogen-bond acceptors (Lipinski definition) is 1. The molecule has 2 atom stereocenters. The summed E-state index contributed by atoms with van der Waals surface area (Å²) >= 11 is 5.65. The molecule has 2 unspecified atom stereocenters. The van der Waals surface area contributed by atoms with Crippen molar-refractivity contribution in [2.24, 2.45) is 5.92 Å². The molecule has 1 fully saturated rings. The topological polar surface area (TPSA) is 12.0 Å². The van der Waals surface area contributed by atoms with Crippen LogP contribution in [-0.4, -0.2) is 24.4 Å². The molecule has 1 rings (SSSR count). The van der Waals surface area contributed by atoms with Crippen LogP contribution in [0.4, 0.5) is 8.78 Å². The Hall–Kier alpha value is 0.110. The molecular formula is C8H13ClF2N. The Bertz CT molecular complexity index is 152. The second kappa shape index (κ2) is 3.88. The van der Waals surface area contributed by atoms with E-state index >= 15 is 0 Å². The first-order valence-corrected chi connectivity index (χ1v) is 4.53. The molecule has 4 heteroatoms. The lowest BCUT2D eigenvalue weighted by molar-refractivity contribution is -0.0166. The minimum Gasteiger partial charge on any atom is -0.316 e. The molecule has 1 radical (unpaired) electrons. The highest BCUT2D eigenvalue weighted by atomic mass is 35.5. The smallest absolute Gasteiger partial charge is 0.265 e. The molecule has 1 N–H and O–H groups in total. The molecule has 0 aliphatic carbocycles. The van der Waals surface area contributed by atoms with Gasteiger partial charge in [-0.1, -0.05) is 6.92 Å². The monoisotopic (exact) mass is 196 g/mol. The van der Waals surface area contributed by atoms with Crippen LogP contribution in [0.1, 0.15) is 12.8 Å². The van der Waals surface area contributed by atoms with E-state index in [0.717, 1.165) is 0 Å². The Morgan fingerprint density at radius 3 is 2.83 bits per heavy atom. The van der Waals surface area contributed by atoms with Crippen LogP contribution >= 0.6 is 11.6 Å². The molecule has 0 saturated carbocycles. The van der Waals surface area contributed by atoms with Crippen molar-refractivity contribution in [3.63, 3.8) is 0 Å². The summed E-state index contributed by atoms with van der Waals surface area (Å²) in [6.45, 7) is 4.50. The lowest BCUT2D eigenvalue weighted by atomic mass is 9.98. The van der Waals surface area contributed by atoms with Crippen LogP contribution in [0.25, 0.3) is 0 Å². The molecule has 0 amide bonds. The van der Waals surface area contributed by atoms with Crippen LogP contribution in [-0.2, 0) is 0 Å². The van der Waals surface area contributed by atoms with Crippen LogP contribution in [0.5, 0.6) is 0 Å². The van der Waals surface area contributed by atoms with Crippen molar-refractivity contribution >= 4 is 11.6 Å².